The summed E-state index contributed by atoms with van der Waals surface area (Å²) in [5, 5.41) is 8.06. The third kappa shape index (κ3) is 6.26. The molecule has 0 amide bonds. The summed E-state index contributed by atoms with van der Waals surface area (Å²) in [6, 6.07) is 0. The normalized spacial score (nSPS) is 8.10. The standard InChI is InChI=1S/C6H10O3.Na.H/c1-2-3-4-5(7)6(8)9;;/h2-4H2,1H3,(H,8,9);;/q;+1;-1. The van der Waals surface area contributed by atoms with Crippen molar-refractivity contribution in [1.82, 2.24) is 0 Å². The Morgan fingerprint density at radius 1 is 1.50 bits per heavy atom. The number of hydrogen-bond acceptors (Lipinski definition) is 2. The van der Waals surface area contributed by atoms with E-state index in [-0.39, 0.29) is 37.4 Å². The molecule has 0 aliphatic carbocycles. The van der Waals surface area contributed by atoms with E-state index in [4.69, 9.17) is 5.11 Å². The molecule has 0 saturated carbocycles. The number of rotatable bonds is 4. The van der Waals surface area contributed by atoms with Crippen molar-refractivity contribution in [3.63, 3.8) is 0 Å². The first-order chi connectivity index (χ1) is 4.18. The second-order valence-corrected chi connectivity index (χ2v) is 1.83. The molecule has 0 aromatic carbocycles. The number of hydrogen-bond donors (Lipinski definition) is 1. The van der Waals surface area contributed by atoms with Crippen LogP contribution in [0.1, 0.15) is 27.6 Å². The molecule has 10 heavy (non-hydrogen) atoms. The number of ketones is 1. The van der Waals surface area contributed by atoms with Gasteiger partial charge in [0.05, 0.1) is 0 Å². The number of carbonyl (C=O) groups excluding carboxylic acids is 1. The Kier molecular flexibility index (Phi) is 9.27. The van der Waals surface area contributed by atoms with Crippen LogP contribution in [0.25, 0.3) is 0 Å². The molecule has 0 bridgehead atoms. The van der Waals surface area contributed by atoms with Crippen LogP contribution in [0.2, 0.25) is 0 Å². The van der Waals surface area contributed by atoms with Crippen LogP contribution in [0.3, 0.4) is 0 Å². The van der Waals surface area contributed by atoms with E-state index in [1.165, 1.54) is 0 Å². The Morgan fingerprint density at radius 3 is 2.30 bits per heavy atom. The van der Waals surface area contributed by atoms with Gasteiger partial charge >= 0.3 is 35.5 Å². The number of carboxylic acids is 1. The SMILES string of the molecule is CCCCC(=O)C(=O)O.[H-].[Na+]. The van der Waals surface area contributed by atoms with Crippen LogP contribution < -0.4 is 29.6 Å². The number of carboxylic acid groups (broad SMARTS) is 1. The Labute approximate surface area is 83.6 Å². The smallest absolute Gasteiger partial charge is 1.00 e. The van der Waals surface area contributed by atoms with Crippen LogP contribution in [0.4, 0.5) is 0 Å². The summed E-state index contributed by atoms with van der Waals surface area (Å²) >= 11 is 0. The largest absolute Gasteiger partial charge is 1.00 e. The molecule has 0 aromatic heterocycles. The van der Waals surface area contributed by atoms with E-state index in [9.17, 15) is 9.59 Å². The monoisotopic (exact) mass is 154 g/mol. The Balaban J connectivity index is -0.000000320. The zero-order valence-corrected chi connectivity index (χ0v) is 8.39. The molecule has 0 heterocycles. The summed E-state index contributed by atoms with van der Waals surface area (Å²) in [5.41, 5.74) is 0. The van der Waals surface area contributed by atoms with Crippen molar-refractivity contribution in [1.29, 1.82) is 0 Å². The number of Topliss-reactive ketones (excluding diaryl/α,β-unsaturated/α-hetero) is 1. The van der Waals surface area contributed by atoms with Gasteiger partial charge in [-0.05, 0) is 6.42 Å². The molecule has 0 rings (SSSR count). The third-order valence-electron chi connectivity index (χ3n) is 0.996. The first-order valence-corrected chi connectivity index (χ1v) is 2.94. The quantitative estimate of drug-likeness (QED) is 0.374. The molecular formula is C6H11NaO3. The maximum Gasteiger partial charge on any atom is 1.00 e. The maximum absolute atomic E-state index is 10.3. The van der Waals surface area contributed by atoms with Crippen molar-refractivity contribution in [2.75, 3.05) is 0 Å². The zero-order valence-electron chi connectivity index (χ0n) is 7.39. The zero-order chi connectivity index (χ0) is 7.28. The molecule has 0 radical (unpaired) electrons. The van der Waals surface area contributed by atoms with E-state index in [2.05, 4.69) is 0 Å². The van der Waals surface area contributed by atoms with Gasteiger partial charge in [-0.15, -0.1) is 0 Å². The van der Waals surface area contributed by atoms with Crippen molar-refractivity contribution < 1.29 is 45.7 Å². The molecule has 0 atom stereocenters. The molecule has 0 aliphatic rings. The summed E-state index contributed by atoms with van der Waals surface area (Å²) in [4.78, 5) is 20.2. The van der Waals surface area contributed by atoms with Crippen LogP contribution >= 0.6 is 0 Å². The summed E-state index contributed by atoms with van der Waals surface area (Å²) in [5.74, 6) is -2.00. The summed E-state index contributed by atoms with van der Waals surface area (Å²) in [7, 11) is 0. The predicted molar refractivity (Wildman–Crippen MR) is 33.3 cm³/mol. The van der Waals surface area contributed by atoms with E-state index in [1.54, 1.807) is 0 Å². The minimum absolute atomic E-state index is 0. The fourth-order valence-corrected chi connectivity index (χ4v) is 0.444. The maximum atomic E-state index is 10.3. The third-order valence-corrected chi connectivity index (χ3v) is 0.996. The number of unbranched alkanes of at least 4 members (excludes halogenated alkanes) is 1. The molecule has 0 fully saturated rings. The van der Waals surface area contributed by atoms with Gasteiger partial charge in [0.15, 0.2) is 0 Å². The Bertz CT molecular complexity index is 127. The van der Waals surface area contributed by atoms with Crippen molar-refractivity contribution >= 4 is 11.8 Å². The van der Waals surface area contributed by atoms with Crippen molar-refractivity contribution in [2.24, 2.45) is 0 Å². The second kappa shape index (κ2) is 7.25. The fourth-order valence-electron chi connectivity index (χ4n) is 0.444. The van der Waals surface area contributed by atoms with Crippen LogP contribution in [0.5, 0.6) is 0 Å². The van der Waals surface area contributed by atoms with Gasteiger partial charge in [0.1, 0.15) is 0 Å². The molecule has 3 nitrogen and oxygen atoms in total. The number of carbonyl (C=O) groups is 2. The van der Waals surface area contributed by atoms with Crippen LogP contribution in [-0.4, -0.2) is 16.9 Å². The van der Waals surface area contributed by atoms with Gasteiger partial charge in [0.2, 0.25) is 5.78 Å². The van der Waals surface area contributed by atoms with Gasteiger partial charge in [-0.1, -0.05) is 13.3 Å². The molecule has 0 aliphatic heterocycles. The average molecular weight is 154 g/mol. The summed E-state index contributed by atoms with van der Waals surface area (Å²) in [6.07, 6.45) is 1.70. The number of aliphatic carboxylic acids is 1. The van der Waals surface area contributed by atoms with E-state index in [0.29, 0.717) is 6.42 Å². The summed E-state index contributed by atoms with van der Waals surface area (Å²) < 4.78 is 0. The van der Waals surface area contributed by atoms with Crippen molar-refractivity contribution in [3.8, 4) is 0 Å². The molecule has 0 unspecified atom stereocenters. The van der Waals surface area contributed by atoms with E-state index < -0.39 is 11.8 Å². The van der Waals surface area contributed by atoms with Gasteiger partial charge in [0.25, 0.3) is 0 Å². The van der Waals surface area contributed by atoms with E-state index in [0.717, 1.165) is 6.42 Å². The van der Waals surface area contributed by atoms with Crippen LogP contribution in [0, 0.1) is 0 Å². The van der Waals surface area contributed by atoms with Crippen molar-refractivity contribution in [2.45, 2.75) is 26.2 Å². The average Bonchev–Trinajstić information content (AvgIpc) is 1.82. The fraction of sp³-hybridized carbons (Fsp3) is 0.667. The molecule has 0 aromatic rings. The van der Waals surface area contributed by atoms with Gasteiger partial charge in [-0.25, -0.2) is 4.79 Å². The predicted octanol–water partition coefficient (Wildman–Crippen LogP) is -2.05. The van der Waals surface area contributed by atoms with Gasteiger partial charge in [0, 0.05) is 6.42 Å². The first-order valence-electron chi connectivity index (χ1n) is 2.94. The summed E-state index contributed by atoms with van der Waals surface area (Å²) in [6.45, 7) is 1.91. The molecular weight excluding hydrogens is 143 g/mol. The molecule has 1 N–H and O–H groups in total. The van der Waals surface area contributed by atoms with Crippen LogP contribution in [0.15, 0.2) is 0 Å². The van der Waals surface area contributed by atoms with E-state index in [1.807, 2.05) is 6.92 Å². The molecule has 4 heteroatoms. The van der Waals surface area contributed by atoms with Crippen molar-refractivity contribution in [3.05, 3.63) is 0 Å². The van der Waals surface area contributed by atoms with Gasteiger partial charge < -0.3 is 6.53 Å². The molecule has 54 valence electrons. The van der Waals surface area contributed by atoms with Crippen LogP contribution in [-0.2, 0) is 9.59 Å². The second-order valence-electron chi connectivity index (χ2n) is 1.83. The van der Waals surface area contributed by atoms with Gasteiger partial charge in [-0.3, -0.25) is 4.79 Å². The minimum Gasteiger partial charge on any atom is -1.00 e. The van der Waals surface area contributed by atoms with E-state index >= 15 is 0 Å². The molecule has 0 saturated heterocycles. The Morgan fingerprint density at radius 2 is 2.00 bits per heavy atom. The topological polar surface area (TPSA) is 54.4 Å². The van der Waals surface area contributed by atoms with Gasteiger partial charge in [-0.2, -0.15) is 0 Å². The minimum atomic E-state index is -1.32. The Hall–Kier alpha value is 0.140. The molecule has 0 spiro atoms. The first kappa shape index (κ1) is 12.8.